The van der Waals surface area contributed by atoms with E-state index in [0.717, 1.165) is 16.9 Å². The largest absolute Gasteiger partial charge is 0.481 e. The lowest BCUT2D eigenvalue weighted by Gasteiger charge is -2.08. The summed E-state index contributed by atoms with van der Waals surface area (Å²) < 4.78 is 4.97. The van der Waals surface area contributed by atoms with Crippen molar-refractivity contribution in [2.24, 2.45) is 0 Å². The first-order valence-corrected chi connectivity index (χ1v) is 6.28. The third kappa shape index (κ3) is 3.98. The van der Waals surface area contributed by atoms with Gasteiger partial charge >= 0.3 is 0 Å². The smallest absolute Gasteiger partial charge is 0.243 e. The molecule has 2 N–H and O–H groups in total. The molecule has 5 heteroatoms. The molecule has 20 heavy (non-hydrogen) atoms. The van der Waals surface area contributed by atoms with Crippen molar-refractivity contribution in [2.45, 2.75) is 6.92 Å². The van der Waals surface area contributed by atoms with Crippen molar-refractivity contribution in [1.82, 2.24) is 4.98 Å². The van der Waals surface area contributed by atoms with Crippen molar-refractivity contribution in [3.8, 4) is 5.88 Å². The Bertz CT molecular complexity index is 565. The van der Waals surface area contributed by atoms with Crippen molar-refractivity contribution < 1.29 is 9.53 Å². The first-order chi connectivity index (χ1) is 9.67. The Balaban J connectivity index is 1.83. The van der Waals surface area contributed by atoms with Crippen LogP contribution in [0.4, 0.5) is 11.4 Å². The van der Waals surface area contributed by atoms with E-state index in [1.807, 2.05) is 37.3 Å². The number of hydrogen-bond acceptors (Lipinski definition) is 4. The zero-order valence-corrected chi connectivity index (χ0v) is 11.5. The molecule has 104 valence electrons. The van der Waals surface area contributed by atoms with E-state index in [0.29, 0.717) is 5.88 Å². The van der Waals surface area contributed by atoms with Crippen molar-refractivity contribution in [3.05, 3.63) is 48.2 Å². The van der Waals surface area contributed by atoms with Gasteiger partial charge in [0.2, 0.25) is 11.8 Å². The molecule has 0 atom stereocenters. The van der Waals surface area contributed by atoms with Crippen LogP contribution in [0.3, 0.4) is 0 Å². The maximum atomic E-state index is 11.8. The highest BCUT2D eigenvalue weighted by Gasteiger charge is 2.02. The molecule has 1 heterocycles. The van der Waals surface area contributed by atoms with Crippen LogP contribution in [-0.4, -0.2) is 24.5 Å². The SMILES string of the molecule is COc1ccc(NCC(=O)Nc2ccc(C)cc2)cn1. The quantitative estimate of drug-likeness (QED) is 0.876. The number of rotatable bonds is 5. The van der Waals surface area contributed by atoms with Gasteiger partial charge in [-0.2, -0.15) is 0 Å². The number of nitrogens with zero attached hydrogens (tertiary/aromatic N) is 1. The van der Waals surface area contributed by atoms with Crippen molar-refractivity contribution in [1.29, 1.82) is 0 Å². The highest BCUT2D eigenvalue weighted by Crippen LogP contribution is 2.11. The summed E-state index contributed by atoms with van der Waals surface area (Å²) in [5, 5.41) is 5.81. The number of carbonyl (C=O) groups is 1. The second-order valence-corrected chi connectivity index (χ2v) is 4.36. The van der Waals surface area contributed by atoms with Crippen LogP contribution in [0.1, 0.15) is 5.56 Å². The summed E-state index contributed by atoms with van der Waals surface area (Å²) >= 11 is 0. The second kappa shape index (κ2) is 6.56. The number of carbonyl (C=O) groups excluding carboxylic acids is 1. The Morgan fingerprint density at radius 2 is 1.85 bits per heavy atom. The molecule has 0 bridgehead atoms. The van der Waals surface area contributed by atoms with Crippen molar-refractivity contribution in [2.75, 3.05) is 24.3 Å². The zero-order chi connectivity index (χ0) is 14.4. The highest BCUT2D eigenvalue weighted by atomic mass is 16.5. The standard InChI is InChI=1S/C15H17N3O2/c1-11-3-5-12(6-4-11)18-14(19)10-16-13-7-8-15(20-2)17-9-13/h3-9,16H,10H2,1-2H3,(H,18,19). The minimum absolute atomic E-state index is 0.107. The van der Waals surface area contributed by atoms with Gasteiger partial charge in [0.05, 0.1) is 25.5 Å². The van der Waals surface area contributed by atoms with Crippen LogP contribution in [0.15, 0.2) is 42.6 Å². The predicted octanol–water partition coefficient (Wildman–Crippen LogP) is 2.45. The van der Waals surface area contributed by atoms with E-state index in [2.05, 4.69) is 15.6 Å². The molecule has 0 spiro atoms. The summed E-state index contributed by atoms with van der Waals surface area (Å²) in [4.78, 5) is 15.8. The number of aryl methyl sites for hydroxylation is 1. The van der Waals surface area contributed by atoms with Crippen LogP contribution in [0, 0.1) is 6.92 Å². The monoisotopic (exact) mass is 271 g/mol. The fourth-order valence-electron chi connectivity index (χ4n) is 1.63. The number of anilines is 2. The average Bonchev–Trinajstić information content (AvgIpc) is 2.48. The van der Waals surface area contributed by atoms with Crippen LogP contribution in [0.2, 0.25) is 0 Å². The predicted molar refractivity (Wildman–Crippen MR) is 79.1 cm³/mol. The maximum Gasteiger partial charge on any atom is 0.243 e. The van der Waals surface area contributed by atoms with Crippen molar-refractivity contribution >= 4 is 17.3 Å². The number of amides is 1. The number of aromatic nitrogens is 1. The Hall–Kier alpha value is -2.56. The molecule has 1 aromatic carbocycles. The van der Waals surface area contributed by atoms with Crippen LogP contribution >= 0.6 is 0 Å². The third-order valence-electron chi connectivity index (χ3n) is 2.73. The lowest BCUT2D eigenvalue weighted by Crippen LogP contribution is -2.21. The second-order valence-electron chi connectivity index (χ2n) is 4.36. The van der Waals surface area contributed by atoms with Gasteiger partial charge in [0.25, 0.3) is 0 Å². The van der Waals surface area contributed by atoms with E-state index < -0.39 is 0 Å². The van der Waals surface area contributed by atoms with E-state index in [-0.39, 0.29) is 12.5 Å². The van der Waals surface area contributed by atoms with Gasteiger partial charge < -0.3 is 15.4 Å². The molecular weight excluding hydrogens is 254 g/mol. The molecule has 2 aromatic rings. The van der Waals surface area contributed by atoms with Gasteiger partial charge in [-0.15, -0.1) is 0 Å². The lowest BCUT2D eigenvalue weighted by atomic mass is 10.2. The summed E-state index contributed by atoms with van der Waals surface area (Å²) in [6.45, 7) is 2.19. The van der Waals surface area contributed by atoms with Gasteiger partial charge in [0.1, 0.15) is 0 Å². The Morgan fingerprint density at radius 3 is 2.45 bits per heavy atom. The third-order valence-corrected chi connectivity index (χ3v) is 2.73. The number of hydrogen-bond donors (Lipinski definition) is 2. The summed E-state index contributed by atoms with van der Waals surface area (Å²) in [5.74, 6) is 0.435. The molecule has 0 aliphatic heterocycles. The Labute approximate surface area is 118 Å². The topological polar surface area (TPSA) is 63.2 Å². The van der Waals surface area contributed by atoms with Crippen LogP contribution in [0.5, 0.6) is 5.88 Å². The molecule has 2 rings (SSSR count). The van der Waals surface area contributed by atoms with E-state index >= 15 is 0 Å². The van der Waals surface area contributed by atoms with Gasteiger partial charge in [-0.25, -0.2) is 4.98 Å². The molecule has 0 saturated carbocycles. The molecule has 1 aromatic heterocycles. The van der Waals surface area contributed by atoms with E-state index in [9.17, 15) is 4.79 Å². The van der Waals surface area contributed by atoms with Gasteiger partial charge in [-0.1, -0.05) is 17.7 Å². The number of ether oxygens (including phenoxy) is 1. The van der Waals surface area contributed by atoms with Gasteiger partial charge in [0.15, 0.2) is 0 Å². The summed E-state index contributed by atoms with van der Waals surface area (Å²) in [7, 11) is 1.56. The zero-order valence-electron chi connectivity index (χ0n) is 11.5. The lowest BCUT2D eigenvalue weighted by molar-refractivity contribution is -0.114. The van der Waals surface area contributed by atoms with Crippen LogP contribution in [0.25, 0.3) is 0 Å². The number of nitrogens with one attached hydrogen (secondary N) is 2. The van der Waals surface area contributed by atoms with Crippen molar-refractivity contribution in [3.63, 3.8) is 0 Å². The average molecular weight is 271 g/mol. The number of benzene rings is 1. The van der Waals surface area contributed by atoms with E-state index in [1.54, 1.807) is 19.4 Å². The van der Waals surface area contributed by atoms with E-state index in [4.69, 9.17) is 4.74 Å². The Morgan fingerprint density at radius 1 is 1.15 bits per heavy atom. The minimum Gasteiger partial charge on any atom is -0.481 e. The van der Waals surface area contributed by atoms with Crippen LogP contribution < -0.4 is 15.4 Å². The van der Waals surface area contributed by atoms with E-state index in [1.165, 1.54) is 0 Å². The minimum atomic E-state index is -0.107. The molecule has 0 saturated heterocycles. The van der Waals surface area contributed by atoms with Gasteiger partial charge in [-0.05, 0) is 25.1 Å². The Kier molecular flexibility index (Phi) is 4.55. The summed E-state index contributed by atoms with van der Waals surface area (Å²) in [6, 6.07) is 11.2. The maximum absolute atomic E-state index is 11.8. The highest BCUT2D eigenvalue weighted by molar-refractivity contribution is 5.93. The van der Waals surface area contributed by atoms with Gasteiger partial charge in [-0.3, -0.25) is 4.79 Å². The van der Waals surface area contributed by atoms with Gasteiger partial charge in [0, 0.05) is 11.8 Å². The molecule has 5 nitrogen and oxygen atoms in total. The fraction of sp³-hybridized carbons (Fsp3) is 0.200. The number of pyridine rings is 1. The molecule has 1 amide bonds. The fourth-order valence-corrected chi connectivity index (χ4v) is 1.63. The molecule has 0 unspecified atom stereocenters. The normalized spacial score (nSPS) is 9.90. The molecule has 0 aliphatic carbocycles. The summed E-state index contributed by atoms with van der Waals surface area (Å²) in [6.07, 6.45) is 1.62. The molecule has 0 fully saturated rings. The summed E-state index contributed by atoms with van der Waals surface area (Å²) in [5.41, 5.74) is 2.71. The molecule has 0 aliphatic rings. The molecule has 0 radical (unpaired) electrons. The first kappa shape index (κ1) is 13.9. The number of methoxy groups -OCH3 is 1. The first-order valence-electron chi connectivity index (χ1n) is 6.28. The molecular formula is C15H17N3O2. The van der Waals surface area contributed by atoms with Crippen LogP contribution in [-0.2, 0) is 4.79 Å².